The molecule has 0 radical (unpaired) electrons. The lowest BCUT2D eigenvalue weighted by Gasteiger charge is -2.08. The number of anilines is 2. The normalized spacial score (nSPS) is 11.2. The van der Waals surface area contributed by atoms with Crippen molar-refractivity contribution in [3.8, 4) is 0 Å². The Morgan fingerprint density at radius 2 is 1.90 bits per heavy atom. The lowest BCUT2D eigenvalue weighted by Crippen LogP contribution is -2.19. The van der Waals surface area contributed by atoms with E-state index in [1.807, 2.05) is 0 Å². The van der Waals surface area contributed by atoms with Gasteiger partial charge in [0.2, 0.25) is 10.3 Å². The third-order valence-corrected chi connectivity index (χ3v) is 3.57. The van der Waals surface area contributed by atoms with Gasteiger partial charge in [0, 0.05) is 17.2 Å². The zero-order valence-electron chi connectivity index (χ0n) is 10.6. The summed E-state index contributed by atoms with van der Waals surface area (Å²) in [6.45, 7) is 0. The van der Waals surface area contributed by atoms with E-state index in [0.717, 1.165) is 23.7 Å². The summed E-state index contributed by atoms with van der Waals surface area (Å²) in [5.41, 5.74) is -0.530. The smallest absolute Gasteiger partial charge is 0.308 e. The van der Waals surface area contributed by atoms with E-state index in [1.165, 1.54) is 23.9 Å². The first-order valence-electron chi connectivity index (χ1n) is 5.51. The number of hydrogen-bond donors (Lipinski definition) is 2. The molecular weight excluding hydrogens is 325 g/mol. The van der Waals surface area contributed by atoms with Gasteiger partial charge in [-0.2, -0.15) is 22.5 Å². The van der Waals surface area contributed by atoms with Crippen LogP contribution in [0, 0.1) is 0 Å². The Kier molecular flexibility index (Phi) is 4.68. The van der Waals surface area contributed by atoms with Crippen LogP contribution in [0.5, 0.6) is 0 Å². The molecule has 0 aliphatic rings. The van der Waals surface area contributed by atoms with Crippen LogP contribution in [0.2, 0.25) is 0 Å². The van der Waals surface area contributed by atoms with Crippen molar-refractivity contribution in [1.29, 1.82) is 0 Å². The molecule has 0 spiro atoms. The molecule has 2 aromatic rings. The number of aromatic nitrogens is 2. The fraction of sp³-hybridized carbons (Fsp3) is 0.182. The van der Waals surface area contributed by atoms with Crippen LogP contribution in [0.1, 0.15) is 5.56 Å². The van der Waals surface area contributed by atoms with E-state index >= 15 is 0 Å². The van der Waals surface area contributed by atoms with Crippen molar-refractivity contribution in [3.05, 3.63) is 29.8 Å². The summed E-state index contributed by atoms with van der Waals surface area (Å²) in [7, 11) is 0. The highest BCUT2D eigenvalue weighted by molar-refractivity contribution is 7.98. The molecule has 0 aliphatic heterocycles. The highest BCUT2D eigenvalue weighted by Crippen LogP contribution is 2.29. The number of halogens is 3. The molecule has 10 heteroatoms. The number of thioether (sulfide) groups is 1. The monoisotopic (exact) mass is 334 g/mol. The first-order valence-corrected chi connectivity index (χ1v) is 7.51. The van der Waals surface area contributed by atoms with Gasteiger partial charge in [-0.15, -0.1) is 0 Å². The van der Waals surface area contributed by atoms with Gasteiger partial charge in [0.1, 0.15) is 0 Å². The highest BCUT2D eigenvalue weighted by Gasteiger charge is 2.29. The van der Waals surface area contributed by atoms with Gasteiger partial charge in [-0.1, -0.05) is 11.8 Å². The maximum absolute atomic E-state index is 12.4. The number of carbonyl (C=O) groups excluding carboxylic acids is 1. The average molecular weight is 334 g/mol. The third-order valence-electron chi connectivity index (χ3n) is 2.28. The number of nitrogens with one attached hydrogen (secondary N) is 2. The summed E-state index contributed by atoms with van der Waals surface area (Å²) in [5, 5.41) is 5.70. The molecule has 5 nitrogen and oxygen atoms in total. The van der Waals surface area contributed by atoms with Crippen LogP contribution in [0.25, 0.3) is 0 Å². The molecule has 1 aromatic carbocycles. The maximum atomic E-state index is 12.4. The number of alkyl halides is 3. The first kappa shape index (κ1) is 15.6. The summed E-state index contributed by atoms with van der Waals surface area (Å²) in [4.78, 5) is 15.7. The van der Waals surface area contributed by atoms with Gasteiger partial charge in [0.25, 0.3) is 0 Å². The Morgan fingerprint density at radius 1 is 1.24 bits per heavy atom. The maximum Gasteiger partial charge on any atom is 0.416 e. The van der Waals surface area contributed by atoms with E-state index in [4.69, 9.17) is 0 Å². The van der Waals surface area contributed by atoms with Crippen LogP contribution in [-0.4, -0.2) is 21.6 Å². The summed E-state index contributed by atoms with van der Waals surface area (Å²) in [6, 6.07) is 3.54. The highest BCUT2D eigenvalue weighted by atomic mass is 32.2. The van der Waals surface area contributed by atoms with E-state index < -0.39 is 17.8 Å². The molecule has 0 fully saturated rings. The molecule has 2 amide bonds. The van der Waals surface area contributed by atoms with Crippen LogP contribution in [-0.2, 0) is 6.18 Å². The van der Waals surface area contributed by atoms with Crippen molar-refractivity contribution in [2.24, 2.45) is 0 Å². The molecule has 112 valence electrons. The average Bonchev–Trinajstić information content (AvgIpc) is 2.85. The molecule has 0 atom stereocenters. The predicted octanol–water partition coefficient (Wildman–Crippen LogP) is 3.92. The molecule has 2 rings (SSSR count). The number of carbonyl (C=O) groups is 1. The number of benzene rings is 1. The Bertz CT molecular complexity index is 627. The molecule has 2 N–H and O–H groups in total. The minimum Gasteiger partial charge on any atom is -0.308 e. The second-order valence-corrected chi connectivity index (χ2v) is 5.27. The van der Waals surface area contributed by atoms with Crippen LogP contribution in [0.15, 0.2) is 29.4 Å². The molecule has 0 bridgehead atoms. The minimum absolute atomic E-state index is 0.245. The molecule has 1 aromatic heterocycles. The largest absolute Gasteiger partial charge is 0.416 e. The number of rotatable bonds is 3. The number of hydrogen-bond acceptors (Lipinski definition) is 5. The molecular formula is C11H9F3N4OS2. The SMILES string of the molecule is CSc1nsc(NC(=O)Nc2ccc(C(F)(F)F)cc2)n1. The lowest BCUT2D eigenvalue weighted by atomic mass is 10.2. The van der Waals surface area contributed by atoms with Gasteiger partial charge < -0.3 is 5.32 Å². The topological polar surface area (TPSA) is 66.9 Å². The van der Waals surface area contributed by atoms with E-state index in [-0.39, 0.29) is 5.69 Å². The minimum atomic E-state index is -4.40. The van der Waals surface area contributed by atoms with Crippen molar-refractivity contribution < 1.29 is 18.0 Å². The Balaban J connectivity index is 1.96. The molecule has 0 unspecified atom stereocenters. The first-order chi connectivity index (χ1) is 9.88. The Labute approximate surface area is 126 Å². The van der Waals surface area contributed by atoms with E-state index in [9.17, 15) is 18.0 Å². The zero-order chi connectivity index (χ0) is 15.5. The Morgan fingerprint density at radius 3 is 2.43 bits per heavy atom. The summed E-state index contributed by atoms with van der Waals surface area (Å²) >= 11 is 2.35. The Hall–Kier alpha value is -1.81. The number of nitrogens with zero attached hydrogens (tertiary/aromatic N) is 2. The predicted molar refractivity (Wildman–Crippen MR) is 75.8 cm³/mol. The van der Waals surface area contributed by atoms with Crippen LogP contribution >= 0.6 is 23.3 Å². The van der Waals surface area contributed by atoms with E-state index in [0.29, 0.717) is 10.3 Å². The summed E-state index contributed by atoms with van der Waals surface area (Å²) in [6.07, 6.45) is -2.60. The number of amides is 2. The molecule has 21 heavy (non-hydrogen) atoms. The van der Waals surface area contributed by atoms with E-state index in [1.54, 1.807) is 6.26 Å². The van der Waals surface area contributed by atoms with Crippen molar-refractivity contribution in [1.82, 2.24) is 9.36 Å². The van der Waals surface area contributed by atoms with Crippen LogP contribution < -0.4 is 10.6 Å². The zero-order valence-corrected chi connectivity index (χ0v) is 12.2. The van der Waals surface area contributed by atoms with Gasteiger partial charge in [0.05, 0.1) is 5.56 Å². The molecule has 1 heterocycles. The van der Waals surface area contributed by atoms with Gasteiger partial charge in [0.15, 0.2) is 0 Å². The van der Waals surface area contributed by atoms with E-state index in [2.05, 4.69) is 20.0 Å². The van der Waals surface area contributed by atoms with Crippen LogP contribution in [0.4, 0.5) is 28.8 Å². The fourth-order valence-electron chi connectivity index (χ4n) is 1.35. The number of urea groups is 1. The standard InChI is InChI=1S/C11H9F3N4OS2/c1-20-10-17-9(21-18-10)16-8(19)15-7-4-2-6(3-5-7)11(12,13)14/h2-5H,1H3,(H2,15,16,17,18,19). The molecule has 0 saturated carbocycles. The fourth-order valence-corrected chi connectivity index (χ4v) is 2.47. The van der Waals surface area contributed by atoms with Crippen molar-refractivity contribution in [2.45, 2.75) is 11.3 Å². The van der Waals surface area contributed by atoms with Crippen molar-refractivity contribution in [3.63, 3.8) is 0 Å². The van der Waals surface area contributed by atoms with Gasteiger partial charge in [-0.05, 0) is 30.5 Å². The van der Waals surface area contributed by atoms with Crippen molar-refractivity contribution in [2.75, 3.05) is 16.9 Å². The molecule has 0 saturated heterocycles. The third kappa shape index (κ3) is 4.33. The quantitative estimate of drug-likeness (QED) is 0.835. The van der Waals surface area contributed by atoms with Gasteiger partial charge in [-0.3, -0.25) is 5.32 Å². The second-order valence-electron chi connectivity index (χ2n) is 3.74. The van der Waals surface area contributed by atoms with Gasteiger partial charge >= 0.3 is 12.2 Å². The second kappa shape index (κ2) is 6.31. The van der Waals surface area contributed by atoms with Crippen molar-refractivity contribution >= 4 is 40.1 Å². The van der Waals surface area contributed by atoms with Gasteiger partial charge in [-0.25, -0.2) is 4.79 Å². The van der Waals surface area contributed by atoms with Crippen LogP contribution in [0.3, 0.4) is 0 Å². The lowest BCUT2D eigenvalue weighted by molar-refractivity contribution is -0.137. The summed E-state index contributed by atoms with van der Waals surface area (Å²) < 4.78 is 41.1. The molecule has 0 aliphatic carbocycles. The summed E-state index contributed by atoms with van der Waals surface area (Å²) in [5.74, 6) is 0.